The zero-order valence-electron chi connectivity index (χ0n) is 11.9. The van der Waals surface area contributed by atoms with Crippen molar-refractivity contribution in [1.82, 2.24) is 0 Å². The summed E-state index contributed by atoms with van der Waals surface area (Å²) in [4.78, 5) is 0. The highest BCUT2D eigenvalue weighted by atomic mass is 14.4. The first kappa shape index (κ1) is 14.5. The van der Waals surface area contributed by atoms with Gasteiger partial charge in [0.15, 0.2) is 0 Å². The van der Waals surface area contributed by atoms with Gasteiger partial charge in [0, 0.05) is 0 Å². The van der Waals surface area contributed by atoms with E-state index in [4.69, 9.17) is 0 Å². The van der Waals surface area contributed by atoms with E-state index in [2.05, 4.69) is 39.8 Å². The maximum Gasteiger partial charge on any atom is 0.0874 e. The lowest BCUT2D eigenvalue weighted by Gasteiger charge is -2.32. The molecule has 0 saturated heterocycles. The fourth-order valence-electron chi connectivity index (χ4n) is 3.22. The topological polar surface area (TPSA) is 47.6 Å². The first-order chi connectivity index (χ1) is 8.69. The molecule has 0 aromatic heterocycles. The van der Waals surface area contributed by atoms with Gasteiger partial charge in [-0.05, 0) is 48.0 Å². The highest BCUT2D eigenvalue weighted by Gasteiger charge is 2.34. The Morgan fingerprint density at radius 3 is 1.22 bits per heavy atom. The fourth-order valence-corrected chi connectivity index (χ4v) is 3.22. The molecule has 0 N–H and O–H groups in total. The Labute approximate surface area is 111 Å². The van der Waals surface area contributed by atoms with Crippen molar-refractivity contribution in [1.29, 1.82) is 10.5 Å². The van der Waals surface area contributed by atoms with E-state index in [9.17, 15) is 10.5 Å². The highest BCUT2D eigenvalue weighted by Crippen LogP contribution is 2.43. The standard InChI is InChI=1S/C16H22N2/c1-5-11-12(6-2)14(8-4)16(10-18)15(9-17)13(11)7-3/h15-16H,5-8H2,1-4H3. The van der Waals surface area contributed by atoms with Crippen molar-refractivity contribution in [3.8, 4) is 12.1 Å². The summed E-state index contributed by atoms with van der Waals surface area (Å²) in [6.07, 6.45) is 3.68. The second-order valence-corrected chi connectivity index (χ2v) is 4.64. The molecule has 1 rings (SSSR count). The lowest BCUT2D eigenvalue weighted by Crippen LogP contribution is -2.24. The van der Waals surface area contributed by atoms with E-state index >= 15 is 0 Å². The molecule has 18 heavy (non-hydrogen) atoms. The number of nitrogens with zero attached hydrogens (tertiary/aromatic N) is 2. The molecular formula is C16H22N2. The van der Waals surface area contributed by atoms with Crippen LogP contribution in [0.1, 0.15) is 53.4 Å². The minimum atomic E-state index is -0.236. The van der Waals surface area contributed by atoms with E-state index < -0.39 is 0 Å². The highest BCUT2D eigenvalue weighted by molar-refractivity contribution is 5.48. The van der Waals surface area contributed by atoms with Crippen LogP contribution < -0.4 is 0 Å². The monoisotopic (exact) mass is 242 g/mol. The molecule has 0 bridgehead atoms. The molecule has 2 atom stereocenters. The van der Waals surface area contributed by atoms with Crippen molar-refractivity contribution in [2.45, 2.75) is 53.4 Å². The number of allylic oxidation sites excluding steroid dienone is 4. The number of hydrogen-bond acceptors (Lipinski definition) is 2. The van der Waals surface area contributed by atoms with Gasteiger partial charge < -0.3 is 0 Å². The van der Waals surface area contributed by atoms with Crippen molar-refractivity contribution in [2.75, 3.05) is 0 Å². The summed E-state index contributed by atoms with van der Waals surface area (Å²) in [5, 5.41) is 18.8. The van der Waals surface area contributed by atoms with Crippen molar-refractivity contribution in [2.24, 2.45) is 11.8 Å². The van der Waals surface area contributed by atoms with Crippen LogP contribution in [-0.4, -0.2) is 0 Å². The largest absolute Gasteiger partial charge is 0.198 e. The van der Waals surface area contributed by atoms with Gasteiger partial charge in [-0.3, -0.25) is 0 Å². The quantitative estimate of drug-likeness (QED) is 0.728. The average Bonchev–Trinajstić information content (AvgIpc) is 2.43. The number of hydrogen-bond donors (Lipinski definition) is 0. The lowest BCUT2D eigenvalue weighted by molar-refractivity contribution is 0.564. The Bertz CT molecular complexity index is 410. The van der Waals surface area contributed by atoms with Gasteiger partial charge >= 0.3 is 0 Å². The van der Waals surface area contributed by atoms with E-state index in [0.29, 0.717) is 0 Å². The van der Waals surface area contributed by atoms with Gasteiger partial charge in [-0.1, -0.05) is 27.7 Å². The van der Waals surface area contributed by atoms with Gasteiger partial charge in [0.25, 0.3) is 0 Å². The minimum absolute atomic E-state index is 0.236. The maximum atomic E-state index is 9.42. The first-order valence-electron chi connectivity index (χ1n) is 6.93. The van der Waals surface area contributed by atoms with Crippen LogP contribution in [0.2, 0.25) is 0 Å². The molecule has 0 saturated carbocycles. The van der Waals surface area contributed by atoms with E-state index in [1.54, 1.807) is 0 Å². The molecular weight excluding hydrogens is 220 g/mol. The molecule has 0 heterocycles. The molecule has 96 valence electrons. The summed E-state index contributed by atoms with van der Waals surface area (Å²) in [6, 6.07) is 4.73. The summed E-state index contributed by atoms with van der Waals surface area (Å²) in [7, 11) is 0. The molecule has 1 aliphatic rings. The molecule has 0 radical (unpaired) electrons. The molecule has 0 fully saturated rings. The van der Waals surface area contributed by atoms with Crippen molar-refractivity contribution >= 4 is 0 Å². The molecule has 2 unspecified atom stereocenters. The van der Waals surface area contributed by atoms with Crippen molar-refractivity contribution in [3.05, 3.63) is 22.3 Å². The third-order valence-electron chi connectivity index (χ3n) is 3.97. The Morgan fingerprint density at radius 2 is 1.06 bits per heavy atom. The summed E-state index contributed by atoms with van der Waals surface area (Å²) < 4.78 is 0. The fraction of sp³-hybridized carbons (Fsp3) is 0.625. The molecule has 0 aromatic carbocycles. The van der Waals surface area contributed by atoms with Gasteiger partial charge in [-0.15, -0.1) is 0 Å². The van der Waals surface area contributed by atoms with Crippen molar-refractivity contribution in [3.63, 3.8) is 0 Å². The Morgan fingerprint density at radius 1 is 0.722 bits per heavy atom. The zero-order chi connectivity index (χ0) is 13.7. The van der Waals surface area contributed by atoms with Crippen LogP contribution in [-0.2, 0) is 0 Å². The average molecular weight is 242 g/mol. The SMILES string of the molecule is CCC1=C(CC)C(C#N)C(C#N)C(CC)=C1CC. The predicted octanol–water partition coefficient (Wildman–Crippen LogP) is 4.51. The maximum absolute atomic E-state index is 9.42. The zero-order valence-corrected chi connectivity index (χ0v) is 11.9. The van der Waals surface area contributed by atoms with E-state index in [0.717, 1.165) is 25.7 Å². The molecule has 0 spiro atoms. The van der Waals surface area contributed by atoms with Gasteiger partial charge in [0.2, 0.25) is 0 Å². The van der Waals surface area contributed by atoms with Gasteiger partial charge in [0.1, 0.15) is 0 Å². The predicted molar refractivity (Wildman–Crippen MR) is 73.4 cm³/mol. The summed E-state index contributed by atoms with van der Waals surface area (Å²) >= 11 is 0. The van der Waals surface area contributed by atoms with Crippen LogP contribution >= 0.6 is 0 Å². The van der Waals surface area contributed by atoms with Gasteiger partial charge in [0.05, 0.1) is 24.0 Å². The second-order valence-electron chi connectivity index (χ2n) is 4.64. The van der Waals surface area contributed by atoms with Crippen LogP contribution in [0.3, 0.4) is 0 Å². The molecule has 2 heteroatoms. The van der Waals surface area contributed by atoms with E-state index in [1.165, 1.54) is 22.3 Å². The van der Waals surface area contributed by atoms with Gasteiger partial charge in [-0.2, -0.15) is 10.5 Å². The molecule has 0 aliphatic heterocycles. The normalized spacial score (nSPS) is 23.9. The summed E-state index contributed by atoms with van der Waals surface area (Å²) in [6.45, 7) is 8.48. The van der Waals surface area contributed by atoms with Crippen LogP contribution in [0.5, 0.6) is 0 Å². The van der Waals surface area contributed by atoms with E-state index in [-0.39, 0.29) is 11.8 Å². The van der Waals surface area contributed by atoms with Crippen LogP contribution in [0.15, 0.2) is 22.3 Å². The van der Waals surface area contributed by atoms with Gasteiger partial charge in [-0.25, -0.2) is 0 Å². The second kappa shape index (κ2) is 6.41. The minimum Gasteiger partial charge on any atom is -0.198 e. The third kappa shape index (κ3) is 2.21. The third-order valence-corrected chi connectivity index (χ3v) is 3.97. The molecule has 1 aliphatic carbocycles. The Kier molecular flexibility index (Phi) is 5.17. The first-order valence-corrected chi connectivity index (χ1v) is 6.93. The van der Waals surface area contributed by atoms with E-state index in [1.807, 2.05) is 0 Å². The molecule has 0 amide bonds. The lowest BCUT2D eigenvalue weighted by atomic mass is 9.70. The summed E-state index contributed by atoms with van der Waals surface area (Å²) in [5.74, 6) is -0.472. The number of rotatable bonds is 4. The molecule has 0 aromatic rings. The summed E-state index contributed by atoms with van der Waals surface area (Å²) in [5.41, 5.74) is 5.08. The van der Waals surface area contributed by atoms with Crippen LogP contribution in [0.25, 0.3) is 0 Å². The molecule has 2 nitrogen and oxygen atoms in total. The van der Waals surface area contributed by atoms with Crippen LogP contribution in [0.4, 0.5) is 0 Å². The number of nitriles is 2. The van der Waals surface area contributed by atoms with Crippen molar-refractivity contribution < 1.29 is 0 Å². The Hall–Kier alpha value is -1.54. The smallest absolute Gasteiger partial charge is 0.0874 e. The van der Waals surface area contributed by atoms with Crippen LogP contribution in [0, 0.1) is 34.5 Å². The Balaban J connectivity index is 3.52.